The lowest BCUT2D eigenvalue weighted by Gasteiger charge is -2.26. The number of aryl methyl sites for hydroxylation is 1. The molecule has 0 fully saturated rings. The molecular formula is C16H16F3N3O2. The van der Waals surface area contributed by atoms with Gasteiger partial charge in [-0.15, -0.1) is 0 Å². The molecule has 1 unspecified atom stereocenters. The minimum absolute atomic E-state index is 0.0548. The molecule has 1 aromatic carbocycles. The SMILES string of the molecule is COC(=O)C(c1cc(F)c(F)c(F)c1)N(C)Cc1cnc(C)cn1. The highest BCUT2D eigenvalue weighted by atomic mass is 19.2. The van der Waals surface area contributed by atoms with Gasteiger partial charge in [-0.3, -0.25) is 14.9 Å². The van der Waals surface area contributed by atoms with Gasteiger partial charge in [0, 0.05) is 18.9 Å². The summed E-state index contributed by atoms with van der Waals surface area (Å²) >= 11 is 0. The zero-order valence-corrected chi connectivity index (χ0v) is 13.4. The molecule has 1 heterocycles. The maximum absolute atomic E-state index is 13.5. The molecule has 0 N–H and O–H groups in total. The molecule has 1 aromatic heterocycles. The highest BCUT2D eigenvalue weighted by Crippen LogP contribution is 2.25. The number of likely N-dealkylation sites (N-methyl/N-ethyl adjacent to an activating group) is 1. The van der Waals surface area contributed by atoms with Crippen LogP contribution in [0, 0.1) is 24.4 Å². The van der Waals surface area contributed by atoms with Crippen LogP contribution in [0.4, 0.5) is 13.2 Å². The average Bonchev–Trinajstić information content (AvgIpc) is 2.54. The molecule has 128 valence electrons. The van der Waals surface area contributed by atoms with E-state index in [0.29, 0.717) is 5.69 Å². The van der Waals surface area contributed by atoms with Crippen molar-refractivity contribution in [1.82, 2.24) is 14.9 Å². The quantitative estimate of drug-likeness (QED) is 0.619. The Labute approximate surface area is 137 Å². The predicted molar refractivity (Wildman–Crippen MR) is 79.3 cm³/mol. The van der Waals surface area contributed by atoms with Gasteiger partial charge in [-0.1, -0.05) is 0 Å². The average molecular weight is 339 g/mol. The predicted octanol–water partition coefficient (Wildman–Crippen LogP) is 2.55. The number of benzene rings is 1. The summed E-state index contributed by atoms with van der Waals surface area (Å²) in [4.78, 5) is 21.8. The van der Waals surface area contributed by atoms with E-state index in [1.807, 2.05) is 0 Å². The van der Waals surface area contributed by atoms with Crippen molar-refractivity contribution < 1.29 is 22.7 Å². The van der Waals surface area contributed by atoms with Crippen LogP contribution in [-0.4, -0.2) is 35.0 Å². The topological polar surface area (TPSA) is 55.3 Å². The molecule has 0 aliphatic rings. The standard InChI is InChI=1S/C16H16F3N3O2/c1-9-6-21-11(7-20-9)8-22(2)15(16(23)24-3)10-4-12(17)14(19)13(18)5-10/h4-7,15H,8H2,1-3H3. The Kier molecular flexibility index (Phi) is 5.50. The molecule has 24 heavy (non-hydrogen) atoms. The van der Waals surface area contributed by atoms with Gasteiger partial charge >= 0.3 is 5.97 Å². The van der Waals surface area contributed by atoms with Gasteiger partial charge in [-0.2, -0.15) is 0 Å². The highest BCUT2D eigenvalue weighted by molar-refractivity contribution is 5.77. The van der Waals surface area contributed by atoms with Crippen molar-refractivity contribution in [1.29, 1.82) is 0 Å². The van der Waals surface area contributed by atoms with E-state index >= 15 is 0 Å². The third-order valence-corrected chi connectivity index (χ3v) is 3.43. The molecule has 0 saturated carbocycles. The van der Waals surface area contributed by atoms with Crippen molar-refractivity contribution in [3.63, 3.8) is 0 Å². The van der Waals surface area contributed by atoms with Crippen LogP contribution < -0.4 is 0 Å². The summed E-state index contributed by atoms with van der Waals surface area (Å²) in [5.41, 5.74) is 1.23. The first-order chi connectivity index (χ1) is 11.3. The molecule has 5 nitrogen and oxygen atoms in total. The summed E-state index contributed by atoms with van der Waals surface area (Å²) in [6.45, 7) is 1.95. The van der Waals surface area contributed by atoms with Crippen molar-refractivity contribution in [3.8, 4) is 0 Å². The van der Waals surface area contributed by atoms with E-state index in [1.165, 1.54) is 11.1 Å². The number of nitrogens with zero attached hydrogens (tertiary/aromatic N) is 3. The van der Waals surface area contributed by atoms with E-state index in [-0.39, 0.29) is 12.1 Å². The van der Waals surface area contributed by atoms with Gasteiger partial charge in [0.25, 0.3) is 0 Å². The number of hydrogen-bond acceptors (Lipinski definition) is 5. The van der Waals surface area contributed by atoms with Crippen molar-refractivity contribution in [2.45, 2.75) is 19.5 Å². The number of esters is 1. The van der Waals surface area contributed by atoms with Crippen molar-refractivity contribution in [2.24, 2.45) is 0 Å². The number of ether oxygens (including phenoxy) is 1. The zero-order chi connectivity index (χ0) is 17.9. The van der Waals surface area contributed by atoms with E-state index in [0.717, 1.165) is 24.9 Å². The van der Waals surface area contributed by atoms with Crippen LogP contribution in [0.3, 0.4) is 0 Å². The Bertz CT molecular complexity index is 715. The summed E-state index contributed by atoms with van der Waals surface area (Å²) in [5, 5.41) is 0. The first kappa shape index (κ1) is 17.9. The molecule has 2 rings (SSSR count). The van der Waals surface area contributed by atoms with Crippen LogP contribution in [0.2, 0.25) is 0 Å². The number of carbonyl (C=O) groups is 1. The van der Waals surface area contributed by atoms with Gasteiger partial charge in [-0.25, -0.2) is 18.0 Å². The van der Waals surface area contributed by atoms with Crippen molar-refractivity contribution in [2.75, 3.05) is 14.2 Å². The molecule has 1 atom stereocenters. The fourth-order valence-corrected chi connectivity index (χ4v) is 2.26. The summed E-state index contributed by atoms with van der Waals surface area (Å²) < 4.78 is 44.8. The summed E-state index contributed by atoms with van der Waals surface area (Å²) in [7, 11) is 2.72. The second-order valence-corrected chi connectivity index (χ2v) is 5.29. The number of aromatic nitrogens is 2. The molecule has 2 aromatic rings. The Morgan fingerprint density at radius 2 is 1.83 bits per heavy atom. The minimum Gasteiger partial charge on any atom is -0.468 e. The van der Waals surface area contributed by atoms with Crippen molar-refractivity contribution >= 4 is 5.97 Å². The molecule has 0 bridgehead atoms. The number of halogens is 3. The van der Waals surface area contributed by atoms with Gasteiger partial charge in [-0.05, 0) is 31.7 Å². The third kappa shape index (κ3) is 3.88. The molecular weight excluding hydrogens is 323 g/mol. The Balaban J connectivity index is 2.34. The van der Waals surface area contributed by atoms with Crippen LogP contribution >= 0.6 is 0 Å². The summed E-state index contributed by atoms with van der Waals surface area (Å²) in [5.74, 6) is -5.07. The zero-order valence-electron chi connectivity index (χ0n) is 13.4. The number of methoxy groups -OCH3 is 1. The van der Waals surface area contributed by atoms with Crippen LogP contribution in [0.1, 0.15) is 23.0 Å². The van der Waals surface area contributed by atoms with Crippen molar-refractivity contribution in [3.05, 3.63) is 58.9 Å². The Hall–Kier alpha value is -2.48. The first-order valence-electron chi connectivity index (χ1n) is 7.03. The smallest absolute Gasteiger partial charge is 0.327 e. The minimum atomic E-state index is -1.59. The van der Waals surface area contributed by atoms with E-state index in [1.54, 1.807) is 20.2 Å². The second kappa shape index (κ2) is 7.39. The van der Waals surface area contributed by atoms with E-state index in [9.17, 15) is 18.0 Å². The van der Waals surface area contributed by atoms with Crippen LogP contribution in [-0.2, 0) is 16.1 Å². The monoisotopic (exact) mass is 339 g/mol. The van der Waals surface area contributed by atoms with E-state index in [2.05, 4.69) is 9.97 Å². The molecule has 0 aliphatic heterocycles. The lowest BCUT2D eigenvalue weighted by Crippen LogP contribution is -2.32. The summed E-state index contributed by atoms with van der Waals surface area (Å²) in [6.07, 6.45) is 3.10. The van der Waals surface area contributed by atoms with Gasteiger partial charge in [0.05, 0.1) is 18.5 Å². The van der Waals surface area contributed by atoms with Crippen LogP contribution in [0.5, 0.6) is 0 Å². The fraction of sp³-hybridized carbons (Fsp3) is 0.312. The molecule has 0 saturated heterocycles. The summed E-state index contributed by atoms with van der Waals surface area (Å²) in [6, 6.07) is 0.428. The normalized spacial score (nSPS) is 12.3. The third-order valence-electron chi connectivity index (χ3n) is 3.43. The van der Waals surface area contributed by atoms with E-state index in [4.69, 9.17) is 4.74 Å². The number of hydrogen-bond donors (Lipinski definition) is 0. The molecule has 0 amide bonds. The Morgan fingerprint density at radius 3 is 2.33 bits per heavy atom. The molecule has 0 radical (unpaired) electrons. The maximum atomic E-state index is 13.5. The lowest BCUT2D eigenvalue weighted by atomic mass is 10.0. The largest absolute Gasteiger partial charge is 0.468 e. The number of rotatable bonds is 5. The van der Waals surface area contributed by atoms with Gasteiger partial charge in [0.1, 0.15) is 6.04 Å². The first-order valence-corrected chi connectivity index (χ1v) is 7.03. The second-order valence-electron chi connectivity index (χ2n) is 5.29. The number of carbonyl (C=O) groups excluding carboxylic acids is 1. The van der Waals surface area contributed by atoms with E-state index < -0.39 is 29.5 Å². The molecule has 8 heteroatoms. The van der Waals surface area contributed by atoms with Gasteiger partial charge in [0.15, 0.2) is 17.5 Å². The van der Waals surface area contributed by atoms with Gasteiger partial charge in [0.2, 0.25) is 0 Å². The van der Waals surface area contributed by atoms with Gasteiger partial charge < -0.3 is 4.74 Å². The van der Waals surface area contributed by atoms with Crippen LogP contribution in [0.15, 0.2) is 24.5 Å². The maximum Gasteiger partial charge on any atom is 0.327 e. The molecule has 0 spiro atoms. The Morgan fingerprint density at radius 1 is 1.21 bits per heavy atom. The molecule has 0 aliphatic carbocycles. The fourth-order valence-electron chi connectivity index (χ4n) is 2.26. The lowest BCUT2D eigenvalue weighted by molar-refractivity contribution is -0.147. The van der Waals surface area contributed by atoms with Crippen LogP contribution in [0.25, 0.3) is 0 Å². The highest BCUT2D eigenvalue weighted by Gasteiger charge is 2.28.